The average molecular weight is 367 g/mol. The Bertz CT molecular complexity index is 733. The van der Waals surface area contributed by atoms with Crippen LogP contribution in [0.3, 0.4) is 0 Å². The molecule has 2 atom stereocenters. The molecule has 3 rings (SSSR count). The van der Waals surface area contributed by atoms with E-state index in [4.69, 9.17) is 21.1 Å². The lowest BCUT2D eigenvalue weighted by Gasteiger charge is -2.35. The molecule has 2 N–H and O–H groups in total. The molecule has 0 bridgehead atoms. The number of hydrogen-bond donors (Lipinski definition) is 2. The predicted octanol–water partition coefficient (Wildman–Crippen LogP) is 2.97. The number of nitrogens with zero attached hydrogens (tertiary/aromatic N) is 1. The molecule has 1 aromatic carbocycles. The standard InChI is InChI=1S/C18H23ClN2O4/c1-2-24-18(23)25-17-11-21(8-6-16(17)22)7-5-12-10-20-15-4-3-13(19)9-14(12)15/h3-4,9-10,16-17,20,22H,2,5-8,11H2,1H3/t16-,17+/m1/s1. The third kappa shape index (κ3) is 4.45. The Balaban J connectivity index is 1.59. The Morgan fingerprint density at radius 2 is 2.32 bits per heavy atom. The molecule has 0 unspecified atom stereocenters. The smallest absolute Gasteiger partial charge is 0.435 e. The topological polar surface area (TPSA) is 74.8 Å². The fraction of sp³-hybridized carbons (Fsp3) is 0.500. The number of fused-ring (bicyclic) bond motifs is 1. The van der Waals surface area contributed by atoms with Gasteiger partial charge in [-0.05, 0) is 43.5 Å². The molecule has 1 saturated heterocycles. The van der Waals surface area contributed by atoms with Crippen LogP contribution in [0.15, 0.2) is 24.4 Å². The van der Waals surface area contributed by atoms with Gasteiger partial charge in [-0.25, -0.2) is 4.79 Å². The van der Waals surface area contributed by atoms with E-state index in [1.807, 2.05) is 24.4 Å². The number of H-pyrrole nitrogens is 1. The van der Waals surface area contributed by atoms with Crippen molar-refractivity contribution in [3.8, 4) is 0 Å². The van der Waals surface area contributed by atoms with E-state index in [0.717, 1.165) is 35.4 Å². The molecule has 7 heteroatoms. The number of aromatic nitrogens is 1. The van der Waals surface area contributed by atoms with Crippen LogP contribution in [0.4, 0.5) is 4.79 Å². The number of nitrogens with one attached hydrogen (secondary N) is 1. The number of aliphatic hydroxyl groups excluding tert-OH is 1. The van der Waals surface area contributed by atoms with Gasteiger partial charge in [0.15, 0.2) is 0 Å². The Morgan fingerprint density at radius 1 is 1.48 bits per heavy atom. The molecule has 1 aromatic heterocycles. The maximum atomic E-state index is 11.5. The van der Waals surface area contributed by atoms with Crippen molar-refractivity contribution in [2.75, 3.05) is 26.2 Å². The zero-order valence-electron chi connectivity index (χ0n) is 14.2. The summed E-state index contributed by atoms with van der Waals surface area (Å²) in [5, 5.41) is 11.9. The largest absolute Gasteiger partial charge is 0.508 e. The number of likely N-dealkylation sites (tertiary alicyclic amines) is 1. The molecule has 0 amide bonds. The van der Waals surface area contributed by atoms with Gasteiger partial charge in [-0.2, -0.15) is 0 Å². The predicted molar refractivity (Wildman–Crippen MR) is 96.0 cm³/mol. The SMILES string of the molecule is CCOC(=O)O[C@H]1CN(CCc2c[nH]c3ccc(Cl)cc23)CC[C@H]1O. The zero-order valence-corrected chi connectivity index (χ0v) is 15.0. The third-order valence-electron chi connectivity index (χ3n) is 4.55. The Labute approximate surface area is 151 Å². The Morgan fingerprint density at radius 3 is 3.12 bits per heavy atom. The molecule has 25 heavy (non-hydrogen) atoms. The van der Waals surface area contributed by atoms with Gasteiger partial charge in [-0.1, -0.05) is 11.6 Å². The minimum Gasteiger partial charge on any atom is -0.435 e. The molecular weight excluding hydrogens is 344 g/mol. The van der Waals surface area contributed by atoms with Crippen molar-refractivity contribution >= 4 is 28.7 Å². The first kappa shape index (κ1) is 18.0. The number of benzene rings is 1. The molecule has 0 saturated carbocycles. The fourth-order valence-corrected chi connectivity index (χ4v) is 3.37. The molecule has 1 aliphatic heterocycles. The Kier molecular flexibility index (Phi) is 5.83. The quantitative estimate of drug-likeness (QED) is 0.796. The van der Waals surface area contributed by atoms with E-state index in [1.165, 1.54) is 5.56 Å². The van der Waals surface area contributed by atoms with Crippen molar-refractivity contribution in [1.82, 2.24) is 9.88 Å². The molecule has 2 heterocycles. The number of hydrogen-bond acceptors (Lipinski definition) is 5. The van der Waals surface area contributed by atoms with E-state index >= 15 is 0 Å². The molecule has 2 aromatic rings. The summed E-state index contributed by atoms with van der Waals surface area (Å²) in [4.78, 5) is 16.9. The summed E-state index contributed by atoms with van der Waals surface area (Å²) in [6.07, 6.45) is 1.51. The molecule has 0 aliphatic carbocycles. The summed E-state index contributed by atoms with van der Waals surface area (Å²) < 4.78 is 10.0. The molecule has 1 aliphatic rings. The van der Waals surface area contributed by atoms with Crippen molar-refractivity contribution < 1.29 is 19.4 Å². The highest BCUT2D eigenvalue weighted by atomic mass is 35.5. The van der Waals surface area contributed by atoms with Crippen LogP contribution in [0, 0.1) is 0 Å². The van der Waals surface area contributed by atoms with Crippen molar-refractivity contribution in [3.05, 3.63) is 35.0 Å². The number of carbonyl (C=O) groups is 1. The lowest BCUT2D eigenvalue weighted by molar-refractivity contribution is -0.0670. The lowest BCUT2D eigenvalue weighted by Crippen LogP contribution is -2.49. The van der Waals surface area contributed by atoms with Crippen molar-refractivity contribution in [3.63, 3.8) is 0 Å². The first-order valence-electron chi connectivity index (χ1n) is 8.56. The van der Waals surface area contributed by atoms with Gasteiger partial charge in [0, 0.05) is 41.8 Å². The number of ether oxygens (including phenoxy) is 2. The maximum absolute atomic E-state index is 11.5. The fourth-order valence-electron chi connectivity index (χ4n) is 3.20. The van der Waals surface area contributed by atoms with Crippen LogP contribution in [0.1, 0.15) is 18.9 Å². The summed E-state index contributed by atoms with van der Waals surface area (Å²) >= 11 is 6.09. The second-order valence-corrected chi connectivity index (χ2v) is 6.69. The van der Waals surface area contributed by atoms with Gasteiger partial charge in [0.1, 0.15) is 6.10 Å². The van der Waals surface area contributed by atoms with Crippen LogP contribution in [-0.2, 0) is 15.9 Å². The van der Waals surface area contributed by atoms with Crippen LogP contribution in [0.2, 0.25) is 5.02 Å². The molecule has 0 spiro atoms. The van der Waals surface area contributed by atoms with E-state index in [9.17, 15) is 9.90 Å². The van der Waals surface area contributed by atoms with E-state index in [1.54, 1.807) is 6.92 Å². The van der Waals surface area contributed by atoms with Crippen LogP contribution in [0.25, 0.3) is 10.9 Å². The van der Waals surface area contributed by atoms with Crippen molar-refractivity contribution in [2.24, 2.45) is 0 Å². The van der Waals surface area contributed by atoms with Crippen molar-refractivity contribution in [1.29, 1.82) is 0 Å². The zero-order chi connectivity index (χ0) is 17.8. The summed E-state index contributed by atoms with van der Waals surface area (Å²) in [5.41, 5.74) is 2.27. The van der Waals surface area contributed by atoms with E-state index < -0.39 is 18.4 Å². The van der Waals surface area contributed by atoms with Crippen molar-refractivity contribution in [2.45, 2.75) is 32.0 Å². The number of rotatable bonds is 5. The second-order valence-electron chi connectivity index (χ2n) is 6.25. The van der Waals surface area contributed by atoms with Crippen LogP contribution in [-0.4, -0.2) is 59.6 Å². The molecule has 1 fully saturated rings. The number of carbonyl (C=O) groups excluding carboxylic acids is 1. The highest BCUT2D eigenvalue weighted by Crippen LogP contribution is 2.23. The van der Waals surface area contributed by atoms with Crippen LogP contribution in [0.5, 0.6) is 0 Å². The minimum atomic E-state index is -0.723. The normalized spacial score (nSPS) is 21.4. The average Bonchev–Trinajstić information content (AvgIpc) is 2.98. The van der Waals surface area contributed by atoms with Gasteiger partial charge in [-0.3, -0.25) is 4.90 Å². The molecule has 136 valence electrons. The summed E-state index contributed by atoms with van der Waals surface area (Å²) in [6, 6.07) is 5.81. The highest BCUT2D eigenvalue weighted by molar-refractivity contribution is 6.31. The monoisotopic (exact) mass is 366 g/mol. The number of halogens is 1. The molecular formula is C18H23ClN2O4. The minimum absolute atomic E-state index is 0.258. The third-order valence-corrected chi connectivity index (χ3v) is 4.78. The summed E-state index contributed by atoms with van der Waals surface area (Å²) in [5.74, 6) is 0. The van der Waals surface area contributed by atoms with Gasteiger partial charge < -0.3 is 19.6 Å². The number of aliphatic hydroxyl groups is 1. The molecule has 6 nitrogen and oxygen atoms in total. The molecule has 0 radical (unpaired) electrons. The van der Waals surface area contributed by atoms with Gasteiger partial charge in [0.2, 0.25) is 0 Å². The number of piperidine rings is 1. The van der Waals surface area contributed by atoms with Gasteiger partial charge in [-0.15, -0.1) is 0 Å². The first-order valence-corrected chi connectivity index (χ1v) is 8.94. The lowest BCUT2D eigenvalue weighted by atomic mass is 10.0. The van der Waals surface area contributed by atoms with Gasteiger partial charge in [0.05, 0.1) is 12.7 Å². The Hall–Kier alpha value is -1.76. The summed E-state index contributed by atoms with van der Waals surface area (Å²) in [6.45, 7) is 4.07. The van der Waals surface area contributed by atoms with Gasteiger partial charge in [0.25, 0.3) is 0 Å². The second kappa shape index (κ2) is 8.08. The van der Waals surface area contributed by atoms with E-state index in [0.29, 0.717) is 13.0 Å². The maximum Gasteiger partial charge on any atom is 0.508 e. The highest BCUT2D eigenvalue weighted by Gasteiger charge is 2.31. The van der Waals surface area contributed by atoms with E-state index in [2.05, 4.69) is 9.88 Å². The number of aromatic amines is 1. The van der Waals surface area contributed by atoms with E-state index in [-0.39, 0.29) is 6.61 Å². The first-order chi connectivity index (χ1) is 12.1. The van der Waals surface area contributed by atoms with Crippen LogP contribution >= 0.6 is 11.6 Å². The van der Waals surface area contributed by atoms with Crippen LogP contribution < -0.4 is 0 Å². The summed E-state index contributed by atoms with van der Waals surface area (Å²) in [7, 11) is 0. The van der Waals surface area contributed by atoms with Gasteiger partial charge >= 0.3 is 6.16 Å².